The van der Waals surface area contributed by atoms with Gasteiger partial charge in [-0.05, 0) is 51.2 Å². The summed E-state index contributed by atoms with van der Waals surface area (Å²) in [5.74, 6) is -2.15. The molecule has 0 aliphatic rings. The number of nitrogens with two attached hydrogens (primary N) is 2. The van der Waals surface area contributed by atoms with Gasteiger partial charge in [0.05, 0.1) is 6.04 Å². The SMILES string of the molecule is CSCCC(NC(=O)C(C)NC(=O)C(CCCCN)NC(=O)C(N)CS)C(=O)O. The van der Waals surface area contributed by atoms with Crippen molar-refractivity contribution >= 4 is 48.1 Å². The highest BCUT2D eigenvalue weighted by Gasteiger charge is 2.27. The number of rotatable bonds is 15. The van der Waals surface area contributed by atoms with E-state index in [0.717, 1.165) is 0 Å². The van der Waals surface area contributed by atoms with Crippen molar-refractivity contribution in [2.75, 3.05) is 24.3 Å². The van der Waals surface area contributed by atoms with Gasteiger partial charge in [-0.1, -0.05) is 0 Å². The molecule has 0 bridgehead atoms. The standard InChI is InChI=1S/C17H33N5O5S2/c1-10(14(23)22-13(17(26)27)6-8-29-2)20-16(25)12(5-3-4-7-18)21-15(24)11(19)9-28/h10-13,28H,3-9,18-19H2,1-2H3,(H,20,25)(H,21,24)(H,22,23)(H,26,27). The van der Waals surface area contributed by atoms with Crippen molar-refractivity contribution in [1.29, 1.82) is 0 Å². The minimum absolute atomic E-state index is 0.119. The summed E-state index contributed by atoms with van der Waals surface area (Å²) < 4.78 is 0. The Balaban J connectivity index is 4.94. The molecule has 10 nitrogen and oxygen atoms in total. The summed E-state index contributed by atoms with van der Waals surface area (Å²) >= 11 is 5.43. The first-order valence-corrected chi connectivity index (χ1v) is 11.4. The molecule has 4 unspecified atom stereocenters. The zero-order chi connectivity index (χ0) is 22.4. The highest BCUT2D eigenvalue weighted by molar-refractivity contribution is 7.98. The predicted molar refractivity (Wildman–Crippen MR) is 117 cm³/mol. The van der Waals surface area contributed by atoms with Crippen LogP contribution in [0.1, 0.15) is 32.6 Å². The van der Waals surface area contributed by atoms with Gasteiger partial charge in [-0.15, -0.1) is 0 Å². The number of amides is 3. The highest BCUT2D eigenvalue weighted by atomic mass is 32.2. The summed E-state index contributed by atoms with van der Waals surface area (Å²) in [7, 11) is 0. The molecule has 3 amide bonds. The smallest absolute Gasteiger partial charge is 0.326 e. The van der Waals surface area contributed by atoms with Gasteiger partial charge in [0.1, 0.15) is 18.1 Å². The Morgan fingerprint density at radius 1 is 1.00 bits per heavy atom. The first-order valence-electron chi connectivity index (χ1n) is 9.37. The number of hydrogen-bond acceptors (Lipinski definition) is 8. The molecular weight excluding hydrogens is 418 g/mol. The van der Waals surface area contributed by atoms with Crippen LogP contribution in [0.3, 0.4) is 0 Å². The van der Waals surface area contributed by atoms with Crippen molar-refractivity contribution in [3.8, 4) is 0 Å². The third kappa shape index (κ3) is 11.3. The largest absolute Gasteiger partial charge is 0.480 e. The third-order valence-electron chi connectivity index (χ3n) is 4.09. The monoisotopic (exact) mass is 451 g/mol. The Morgan fingerprint density at radius 2 is 1.62 bits per heavy atom. The second-order valence-corrected chi connectivity index (χ2v) is 7.90. The van der Waals surface area contributed by atoms with Crippen LogP contribution in [0.2, 0.25) is 0 Å². The van der Waals surface area contributed by atoms with Crippen molar-refractivity contribution in [3.63, 3.8) is 0 Å². The molecule has 0 aromatic rings. The number of thioether (sulfide) groups is 1. The molecule has 0 fully saturated rings. The number of aliphatic carboxylic acids is 1. The summed E-state index contributed by atoms with van der Waals surface area (Å²) in [6.07, 6.45) is 3.70. The van der Waals surface area contributed by atoms with Crippen LogP contribution >= 0.6 is 24.4 Å². The van der Waals surface area contributed by atoms with Crippen LogP contribution in [-0.4, -0.2) is 77.3 Å². The van der Waals surface area contributed by atoms with Crippen molar-refractivity contribution in [1.82, 2.24) is 16.0 Å². The van der Waals surface area contributed by atoms with Gasteiger partial charge in [0.2, 0.25) is 17.7 Å². The lowest BCUT2D eigenvalue weighted by Gasteiger charge is -2.23. The lowest BCUT2D eigenvalue weighted by Crippen LogP contribution is -2.56. The second-order valence-electron chi connectivity index (χ2n) is 6.55. The van der Waals surface area contributed by atoms with Crippen LogP contribution in [0, 0.1) is 0 Å². The number of hydrogen-bond donors (Lipinski definition) is 7. The molecule has 0 spiro atoms. The fourth-order valence-corrected chi connectivity index (χ4v) is 2.93. The minimum atomic E-state index is -1.14. The number of nitrogens with one attached hydrogen (secondary N) is 3. The summed E-state index contributed by atoms with van der Waals surface area (Å²) in [5, 5.41) is 16.7. The van der Waals surface area contributed by atoms with Crippen LogP contribution in [0.5, 0.6) is 0 Å². The quantitative estimate of drug-likeness (QED) is 0.118. The van der Waals surface area contributed by atoms with Crippen molar-refractivity contribution in [2.24, 2.45) is 11.5 Å². The average molecular weight is 452 g/mol. The summed E-state index contributed by atoms with van der Waals surface area (Å²) in [6.45, 7) is 1.89. The van der Waals surface area contributed by atoms with E-state index in [1.54, 1.807) is 0 Å². The summed E-state index contributed by atoms with van der Waals surface area (Å²) in [6, 6.07) is -3.77. The van der Waals surface area contributed by atoms with E-state index in [4.69, 9.17) is 11.5 Å². The van der Waals surface area contributed by atoms with Gasteiger partial charge in [-0.2, -0.15) is 24.4 Å². The highest BCUT2D eigenvalue weighted by Crippen LogP contribution is 2.04. The molecule has 0 aromatic carbocycles. The zero-order valence-electron chi connectivity index (χ0n) is 16.8. The van der Waals surface area contributed by atoms with Gasteiger partial charge in [-0.3, -0.25) is 14.4 Å². The molecule has 0 aliphatic carbocycles. The molecule has 12 heteroatoms. The van der Waals surface area contributed by atoms with E-state index < -0.39 is 47.9 Å². The van der Waals surface area contributed by atoms with E-state index in [1.165, 1.54) is 18.7 Å². The Hall–Kier alpha value is -1.50. The molecule has 0 heterocycles. The number of thiol groups is 1. The fourth-order valence-electron chi connectivity index (χ4n) is 2.29. The predicted octanol–water partition coefficient (Wildman–Crippen LogP) is -1.32. The molecule has 0 rings (SSSR count). The van der Waals surface area contributed by atoms with Crippen molar-refractivity contribution in [3.05, 3.63) is 0 Å². The van der Waals surface area contributed by atoms with Crippen LogP contribution in [0.4, 0.5) is 0 Å². The Kier molecular flexibility index (Phi) is 14.6. The van der Waals surface area contributed by atoms with Crippen LogP contribution in [0.15, 0.2) is 0 Å². The van der Waals surface area contributed by atoms with Crippen LogP contribution < -0.4 is 27.4 Å². The Bertz CT molecular complexity index is 552. The lowest BCUT2D eigenvalue weighted by atomic mass is 10.1. The van der Waals surface area contributed by atoms with E-state index in [-0.39, 0.29) is 12.2 Å². The van der Waals surface area contributed by atoms with Gasteiger partial charge in [0.25, 0.3) is 0 Å². The van der Waals surface area contributed by atoms with Crippen LogP contribution in [0.25, 0.3) is 0 Å². The molecule has 168 valence electrons. The number of carbonyl (C=O) groups excluding carboxylic acids is 3. The van der Waals surface area contributed by atoms with Gasteiger partial charge < -0.3 is 32.5 Å². The summed E-state index contributed by atoms with van der Waals surface area (Å²) in [5.41, 5.74) is 11.1. The van der Waals surface area contributed by atoms with Gasteiger partial charge in [-0.25, -0.2) is 4.79 Å². The first-order chi connectivity index (χ1) is 13.7. The van der Waals surface area contributed by atoms with Gasteiger partial charge in [0, 0.05) is 5.75 Å². The van der Waals surface area contributed by atoms with E-state index in [1.807, 2.05) is 6.26 Å². The maximum absolute atomic E-state index is 12.6. The van der Waals surface area contributed by atoms with E-state index in [9.17, 15) is 24.3 Å². The molecule has 0 aliphatic heterocycles. The van der Waals surface area contributed by atoms with Crippen molar-refractivity contribution < 1.29 is 24.3 Å². The van der Waals surface area contributed by atoms with Gasteiger partial charge >= 0.3 is 5.97 Å². The van der Waals surface area contributed by atoms with Crippen LogP contribution in [-0.2, 0) is 19.2 Å². The summed E-state index contributed by atoms with van der Waals surface area (Å²) in [4.78, 5) is 48.2. The number of carboxylic acids is 1. The average Bonchev–Trinajstić information content (AvgIpc) is 2.68. The van der Waals surface area contributed by atoms with E-state index >= 15 is 0 Å². The Morgan fingerprint density at radius 3 is 2.14 bits per heavy atom. The van der Waals surface area contributed by atoms with Gasteiger partial charge in [0.15, 0.2) is 0 Å². The first kappa shape index (κ1) is 27.5. The molecular formula is C17H33N5O5S2. The number of carboxylic acid groups (broad SMARTS) is 1. The third-order valence-corrected chi connectivity index (χ3v) is 5.13. The zero-order valence-corrected chi connectivity index (χ0v) is 18.6. The number of unbranched alkanes of at least 4 members (excludes halogenated alkanes) is 1. The van der Waals surface area contributed by atoms with E-state index in [2.05, 4.69) is 28.6 Å². The molecule has 0 aromatic heterocycles. The molecule has 0 radical (unpaired) electrons. The molecule has 29 heavy (non-hydrogen) atoms. The maximum atomic E-state index is 12.6. The molecule has 0 saturated carbocycles. The minimum Gasteiger partial charge on any atom is -0.480 e. The normalized spacial score (nSPS) is 14.9. The fraction of sp³-hybridized carbons (Fsp3) is 0.765. The second kappa shape index (κ2) is 15.4. The molecule has 8 N–H and O–H groups in total. The maximum Gasteiger partial charge on any atom is 0.326 e. The topological polar surface area (TPSA) is 177 Å². The lowest BCUT2D eigenvalue weighted by molar-refractivity contribution is -0.142. The van der Waals surface area contributed by atoms with E-state index in [0.29, 0.717) is 31.6 Å². The Labute approximate surface area is 181 Å². The van der Waals surface area contributed by atoms with Crippen molar-refractivity contribution in [2.45, 2.75) is 56.8 Å². The molecule has 0 saturated heterocycles. The number of carbonyl (C=O) groups is 4. The molecule has 4 atom stereocenters.